The maximum atomic E-state index is 12.6. The van der Waals surface area contributed by atoms with Gasteiger partial charge in [-0.05, 0) is 31.2 Å². The van der Waals surface area contributed by atoms with E-state index < -0.39 is 10.0 Å². The normalized spacial score (nSPS) is 11.5. The van der Waals surface area contributed by atoms with Gasteiger partial charge in [-0.1, -0.05) is 42.0 Å². The van der Waals surface area contributed by atoms with Gasteiger partial charge in [-0.2, -0.15) is 0 Å². The van der Waals surface area contributed by atoms with E-state index >= 15 is 0 Å². The Morgan fingerprint density at radius 3 is 2.23 bits per heavy atom. The third kappa shape index (κ3) is 2.63. The number of benzene rings is 3. The van der Waals surface area contributed by atoms with Gasteiger partial charge >= 0.3 is 0 Å². The molecule has 5 heteroatoms. The van der Waals surface area contributed by atoms with Crippen molar-refractivity contribution in [2.75, 3.05) is 4.72 Å². The van der Waals surface area contributed by atoms with Gasteiger partial charge in [0.25, 0.3) is 10.0 Å². The highest BCUT2D eigenvalue weighted by Crippen LogP contribution is 2.30. The first-order chi connectivity index (χ1) is 10.5. The molecule has 4 nitrogen and oxygen atoms in total. The van der Waals surface area contributed by atoms with Crippen LogP contribution in [0.2, 0.25) is 0 Å². The Bertz CT molecular complexity index is 932. The fraction of sp³-hybridized carbons (Fsp3) is 0.0588. The van der Waals surface area contributed by atoms with Gasteiger partial charge in [0.05, 0.1) is 4.90 Å². The first kappa shape index (κ1) is 14.4. The maximum absolute atomic E-state index is 12.6. The summed E-state index contributed by atoms with van der Waals surface area (Å²) >= 11 is 0. The van der Waals surface area contributed by atoms with E-state index in [0.717, 1.165) is 5.56 Å². The summed E-state index contributed by atoms with van der Waals surface area (Å²) in [7, 11) is -3.73. The Hall–Kier alpha value is -2.53. The van der Waals surface area contributed by atoms with Gasteiger partial charge in [0, 0.05) is 16.5 Å². The van der Waals surface area contributed by atoms with Crippen LogP contribution in [0.5, 0.6) is 5.75 Å². The summed E-state index contributed by atoms with van der Waals surface area (Å²) in [6.45, 7) is 1.94. The summed E-state index contributed by atoms with van der Waals surface area (Å²) in [4.78, 5) is 0.140. The van der Waals surface area contributed by atoms with Crippen molar-refractivity contribution in [2.24, 2.45) is 0 Å². The first-order valence-electron chi connectivity index (χ1n) is 6.77. The number of sulfonamides is 1. The van der Waals surface area contributed by atoms with Gasteiger partial charge in [0.15, 0.2) is 0 Å². The maximum Gasteiger partial charge on any atom is 0.262 e. The van der Waals surface area contributed by atoms with Crippen LogP contribution in [0.1, 0.15) is 5.56 Å². The van der Waals surface area contributed by atoms with Gasteiger partial charge < -0.3 is 5.11 Å². The van der Waals surface area contributed by atoms with E-state index in [0.29, 0.717) is 16.5 Å². The summed E-state index contributed by atoms with van der Waals surface area (Å²) in [5.74, 6) is 0.0601. The number of fused-ring (bicyclic) bond motifs is 1. The number of nitrogens with one attached hydrogen (secondary N) is 1. The quantitative estimate of drug-likeness (QED) is 0.775. The van der Waals surface area contributed by atoms with E-state index in [1.54, 1.807) is 36.4 Å². The van der Waals surface area contributed by atoms with Gasteiger partial charge in [0.2, 0.25) is 0 Å². The molecule has 2 N–H and O–H groups in total. The molecule has 112 valence electrons. The lowest BCUT2D eigenvalue weighted by molar-refractivity contribution is 0.481. The van der Waals surface area contributed by atoms with Gasteiger partial charge in [-0.3, -0.25) is 4.72 Å². The van der Waals surface area contributed by atoms with Gasteiger partial charge in [-0.15, -0.1) is 0 Å². The SMILES string of the molecule is Cc1ccc(NS(=O)(=O)c2cccc3c(O)cccc23)cc1. The van der Waals surface area contributed by atoms with Crippen molar-refractivity contribution in [3.05, 3.63) is 66.2 Å². The molecule has 0 fully saturated rings. The highest BCUT2D eigenvalue weighted by atomic mass is 32.2. The van der Waals surface area contributed by atoms with Crippen LogP contribution in [-0.2, 0) is 10.0 Å². The molecule has 0 atom stereocenters. The molecular formula is C17H15NO3S. The van der Waals surface area contributed by atoms with Crippen molar-refractivity contribution in [1.29, 1.82) is 0 Å². The molecule has 0 aliphatic carbocycles. The molecule has 0 spiro atoms. The van der Waals surface area contributed by atoms with E-state index in [9.17, 15) is 13.5 Å². The minimum Gasteiger partial charge on any atom is -0.507 e. The topological polar surface area (TPSA) is 66.4 Å². The molecule has 0 bridgehead atoms. The number of anilines is 1. The molecule has 0 saturated carbocycles. The third-order valence-electron chi connectivity index (χ3n) is 3.45. The Kier molecular flexibility index (Phi) is 3.50. The molecule has 0 heterocycles. The largest absolute Gasteiger partial charge is 0.507 e. The third-order valence-corrected chi connectivity index (χ3v) is 4.89. The average Bonchev–Trinajstić information content (AvgIpc) is 2.49. The summed E-state index contributed by atoms with van der Waals surface area (Å²) in [5.41, 5.74) is 1.56. The monoisotopic (exact) mass is 313 g/mol. The van der Waals surface area contributed by atoms with Crippen molar-refractivity contribution in [3.63, 3.8) is 0 Å². The summed E-state index contributed by atoms with van der Waals surface area (Å²) < 4.78 is 27.8. The second kappa shape index (κ2) is 5.35. The molecule has 3 aromatic carbocycles. The van der Waals surface area contributed by atoms with E-state index in [4.69, 9.17) is 0 Å². The Balaban J connectivity index is 2.09. The molecule has 0 radical (unpaired) electrons. The van der Waals surface area contributed by atoms with Crippen molar-refractivity contribution >= 4 is 26.5 Å². The van der Waals surface area contributed by atoms with Gasteiger partial charge in [0.1, 0.15) is 5.75 Å². The van der Waals surface area contributed by atoms with Crippen LogP contribution < -0.4 is 4.72 Å². The molecular weight excluding hydrogens is 298 g/mol. The number of rotatable bonds is 3. The first-order valence-corrected chi connectivity index (χ1v) is 8.26. The Morgan fingerprint density at radius 1 is 0.864 bits per heavy atom. The Morgan fingerprint density at radius 2 is 1.50 bits per heavy atom. The minimum atomic E-state index is -3.73. The van der Waals surface area contributed by atoms with E-state index in [1.807, 2.05) is 19.1 Å². The number of hydrogen-bond donors (Lipinski definition) is 2. The van der Waals surface area contributed by atoms with E-state index in [-0.39, 0.29) is 10.6 Å². The number of aryl methyl sites for hydroxylation is 1. The number of hydrogen-bond acceptors (Lipinski definition) is 3. The van der Waals surface area contributed by atoms with Crippen molar-refractivity contribution in [3.8, 4) is 5.75 Å². The highest BCUT2D eigenvalue weighted by molar-refractivity contribution is 7.93. The smallest absolute Gasteiger partial charge is 0.262 e. The molecule has 22 heavy (non-hydrogen) atoms. The zero-order valence-corrected chi connectivity index (χ0v) is 12.8. The van der Waals surface area contributed by atoms with Crippen molar-refractivity contribution in [2.45, 2.75) is 11.8 Å². The molecule has 0 aromatic heterocycles. The molecule has 3 aromatic rings. The minimum absolute atomic E-state index is 0.0601. The second-order valence-electron chi connectivity index (χ2n) is 5.10. The fourth-order valence-electron chi connectivity index (χ4n) is 2.33. The molecule has 3 rings (SSSR count). The lowest BCUT2D eigenvalue weighted by atomic mass is 10.1. The summed E-state index contributed by atoms with van der Waals surface area (Å²) in [6.07, 6.45) is 0. The predicted molar refractivity (Wildman–Crippen MR) is 87.6 cm³/mol. The lowest BCUT2D eigenvalue weighted by Gasteiger charge is -2.11. The van der Waals surface area contributed by atoms with Gasteiger partial charge in [-0.25, -0.2) is 8.42 Å². The molecule has 0 unspecified atom stereocenters. The van der Waals surface area contributed by atoms with Crippen LogP contribution in [0, 0.1) is 6.92 Å². The summed E-state index contributed by atoms with van der Waals surface area (Å²) in [5, 5.41) is 10.9. The fourth-order valence-corrected chi connectivity index (χ4v) is 3.61. The zero-order chi connectivity index (χ0) is 15.7. The second-order valence-corrected chi connectivity index (χ2v) is 6.75. The molecule has 0 saturated heterocycles. The highest BCUT2D eigenvalue weighted by Gasteiger charge is 2.18. The van der Waals surface area contributed by atoms with Crippen molar-refractivity contribution in [1.82, 2.24) is 0 Å². The van der Waals surface area contributed by atoms with E-state index in [1.165, 1.54) is 12.1 Å². The van der Waals surface area contributed by atoms with Crippen LogP contribution in [0.15, 0.2) is 65.6 Å². The van der Waals surface area contributed by atoms with Crippen LogP contribution >= 0.6 is 0 Å². The predicted octanol–water partition coefficient (Wildman–Crippen LogP) is 3.65. The summed E-state index contributed by atoms with van der Waals surface area (Å²) in [6, 6.07) is 16.8. The number of aromatic hydroxyl groups is 1. The Labute approximate surface area is 129 Å². The molecule has 0 aliphatic heterocycles. The van der Waals surface area contributed by atoms with Crippen LogP contribution in [0.4, 0.5) is 5.69 Å². The van der Waals surface area contributed by atoms with Crippen molar-refractivity contribution < 1.29 is 13.5 Å². The van der Waals surface area contributed by atoms with Crippen LogP contribution in [-0.4, -0.2) is 13.5 Å². The number of phenols is 1. The zero-order valence-electron chi connectivity index (χ0n) is 11.9. The van der Waals surface area contributed by atoms with Crippen LogP contribution in [0.3, 0.4) is 0 Å². The standard InChI is InChI=1S/C17H15NO3S/c1-12-8-10-13(11-9-12)18-22(20,21)17-7-3-4-14-15(17)5-2-6-16(14)19/h2-11,18-19H,1H3. The molecule has 0 aliphatic rings. The van der Waals surface area contributed by atoms with Crippen LogP contribution in [0.25, 0.3) is 10.8 Å². The number of phenolic OH excluding ortho intramolecular Hbond substituents is 1. The van der Waals surface area contributed by atoms with E-state index in [2.05, 4.69) is 4.72 Å². The molecule has 0 amide bonds. The lowest BCUT2D eigenvalue weighted by Crippen LogP contribution is -2.13. The average molecular weight is 313 g/mol.